The fraction of sp³-hybridized carbons (Fsp3) is 0.211. The van der Waals surface area contributed by atoms with Gasteiger partial charge in [0.05, 0.1) is 26.4 Å². The van der Waals surface area contributed by atoms with Crippen LogP contribution in [0.3, 0.4) is 0 Å². The molecule has 0 aliphatic rings. The Balaban J connectivity index is 1.83. The van der Waals surface area contributed by atoms with Gasteiger partial charge in [0.2, 0.25) is 0 Å². The van der Waals surface area contributed by atoms with Crippen molar-refractivity contribution in [1.29, 1.82) is 0 Å². The second kappa shape index (κ2) is 7.85. The molecule has 0 bridgehead atoms. The van der Waals surface area contributed by atoms with Crippen molar-refractivity contribution in [3.05, 3.63) is 51.9 Å². The fourth-order valence-electron chi connectivity index (χ4n) is 2.65. The number of nitrogens with one attached hydrogen (secondary N) is 1. The molecule has 2 aromatic carbocycles. The monoisotopic (exact) mass is 391 g/mol. The Morgan fingerprint density at radius 3 is 2.35 bits per heavy atom. The average Bonchev–Trinajstić information content (AvgIpc) is 3.02. The molecule has 7 heteroatoms. The van der Waals surface area contributed by atoms with E-state index in [0.29, 0.717) is 27.1 Å². The fourth-order valence-corrected chi connectivity index (χ4v) is 4.08. The molecule has 136 valence electrons. The van der Waals surface area contributed by atoms with E-state index in [0.717, 1.165) is 15.6 Å². The van der Waals surface area contributed by atoms with Crippen LogP contribution in [0.5, 0.6) is 17.2 Å². The molecule has 0 aliphatic heterocycles. The molecule has 5 nitrogen and oxygen atoms in total. The zero-order valence-electron chi connectivity index (χ0n) is 14.6. The first kappa shape index (κ1) is 18.4. The smallest absolute Gasteiger partial charge is 0.263 e. The number of carbonyl (C=O) groups is 1. The minimum absolute atomic E-state index is 0.229. The second-order valence-electron chi connectivity index (χ2n) is 5.44. The second-order valence-corrected chi connectivity index (χ2v) is 6.87. The van der Waals surface area contributed by atoms with Crippen molar-refractivity contribution in [2.75, 3.05) is 21.3 Å². The number of thiophene rings is 1. The lowest BCUT2D eigenvalue weighted by Crippen LogP contribution is -2.22. The summed E-state index contributed by atoms with van der Waals surface area (Å²) in [6.07, 6.45) is 0. The van der Waals surface area contributed by atoms with E-state index in [9.17, 15) is 4.79 Å². The minimum atomic E-state index is -0.229. The van der Waals surface area contributed by atoms with Gasteiger partial charge in [-0.1, -0.05) is 29.8 Å². The van der Waals surface area contributed by atoms with Crippen molar-refractivity contribution >= 4 is 38.9 Å². The predicted molar refractivity (Wildman–Crippen MR) is 104 cm³/mol. The van der Waals surface area contributed by atoms with E-state index in [4.69, 9.17) is 25.8 Å². The summed E-state index contributed by atoms with van der Waals surface area (Å²) in [5, 5.41) is 4.25. The molecule has 1 aromatic heterocycles. The number of ether oxygens (including phenoxy) is 3. The molecule has 0 saturated carbocycles. The van der Waals surface area contributed by atoms with Crippen molar-refractivity contribution in [2.24, 2.45) is 0 Å². The van der Waals surface area contributed by atoms with Crippen molar-refractivity contribution in [1.82, 2.24) is 5.32 Å². The van der Waals surface area contributed by atoms with Gasteiger partial charge in [0.15, 0.2) is 11.5 Å². The predicted octanol–water partition coefficient (Wildman–Crippen LogP) is 4.51. The number of fused-ring (bicyclic) bond motifs is 1. The zero-order chi connectivity index (χ0) is 18.7. The van der Waals surface area contributed by atoms with Crippen LogP contribution in [0.1, 0.15) is 15.2 Å². The summed E-state index contributed by atoms with van der Waals surface area (Å²) in [6, 6.07) is 11.2. The summed E-state index contributed by atoms with van der Waals surface area (Å²) >= 11 is 7.74. The van der Waals surface area contributed by atoms with Gasteiger partial charge in [-0.3, -0.25) is 4.79 Å². The van der Waals surface area contributed by atoms with Gasteiger partial charge in [0.25, 0.3) is 5.91 Å². The van der Waals surface area contributed by atoms with Gasteiger partial charge in [0, 0.05) is 28.3 Å². The number of hydrogen-bond donors (Lipinski definition) is 1. The third-order valence-electron chi connectivity index (χ3n) is 3.97. The van der Waals surface area contributed by atoms with Crippen molar-refractivity contribution in [2.45, 2.75) is 6.54 Å². The van der Waals surface area contributed by atoms with Crippen molar-refractivity contribution < 1.29 is 19.0 Å². The number of halogens is 1. The molecule has 3 aromatic rings. The summed E-state index contributed by atoms with van der Waals surface area (Å²) in [5.41, 5.74) is 0.774. The molecule has 3 rings (SSSR count). The standard InChI is InChI=1S/C19H18ClNO4S/c1-23-13-9-15(25-3)14(24-2)8-11(13)10-21-19(22)18-17(20)12-6-4-5-7-16(12)26-18/h4-9H,10H2,1-3H3,(H,21,22). The number of benzene rings is 2. The van der Waals surface area contributed by atoms with Gasteiger partial charge < -0.3 is 19.5 Å². The van der Waals surface area contributed by atoms with Gasteiger partial charge in [-0.05, 0) is 12.1 Å². The zero-order valence-corrected chi connectivity index (χ0v) is 16.2. The summed E-state index contributed by atoms with van der Waals surface area (Å²) in [6.45, 7) is 0.271. The Kier molecular flexibility index (Phi) is 5.54. The van der Waals surface area contributed by atoms with Crippen LogP contribution in [0.25, 0.3) is 10.1 Å². The maximum Gasteiger partial charge on any atom is 0.263 e. The molecule has 0 spiro atoms. The summed E-state index contributed by atoms with van der Waals surface area (Å²) in [7, 11) is 4.68. The highest BCUT2D eigenvalue weighted by molar-refractivity contribution is 7.21. The lowest BCUT2D eigenvalue weighted by Gasteiger charge is -2.14. The topological polar surface area (TPSA) is 56.8 Å². The van der Waals surface area contributed by atoms with E-state index in [1.807, 2.05) is 24.3 Å². The molecule has 26 heavy (non-hydrogen) atoms. The van der Waals surface area contributed by atoms with Crippen LogP contribution in [0.15, 0.2) is 36.4 Å². The Morgan fingerprint density at radius 1 is 1.04 bits per heavy atom. The van der Waals surface area contributed by atoms with Gasteiger partial charge in [-0.15, -0.1) is 11.3 Å². The number of amides is 1. The van der Waals surface area contributed by atoms with Crippen molar-refractivity contribution in [3.8, 4) is 17.2 Å². The highest BCUT2D eigenvalue weighted by Gasteiger charge is 2.18. The minimum Gasteiger partial charge on any atom is -0.496 e. The van der Waals surface area contributed by atoms with E-state index < -0.39 is 0 Å². The molecule has 0 unspecified atom stereocenters. The highest BCUT2D eigenvalue weighted by atomic mass is 35.5. The SMILES string of the molecule is COc1cc(OC)c(OC)cc1CNC(=O)c1sc2ccccc2c1Cl. The van der Waals surface area contributed by atoms with Crippen LogP contribution in [-0.4, -0.2) is 27.2 Å². The Morgan fingerprint density at radius 2 is 1.69 bits per heavy atom. The normalized spacial score (nSPS) is 10.6. The van der Waals surface area contributed by atoms with Gasteiger partial charge in [-0.25, -0.2) is 0 Å². The van der Waals surface area contributed by atoms with Gasteiger partial charge in [-0.2, -0.15) is 0 Å². The molecule has 0 fully saturated rings. The van der Waals surface area contributed by atoms with E-state index in [1.165, 1.54) is 11.3 Å². The maximum atomic E-state index is 12.6. The quantitative estimate of drug-likeness (QED) is 0.671. The van der Waals surface area contributed by atoms with Gasteiger partial charge in [0.1, 0.15) is 10.6 Å². The Hall–Kier alpha value is -2.44. The molecular formula is C19H18ClNO4S. The lowest BCUT2D eigenvalue weighted by atomic mass is 10.1. The average molecular weight is 392 g/mol. The van der Waals surface area contributed by atoms with Crippen LogP contribution in [0.4, 0.5) is 0 Å². The van der Waals surface area contributed by atoms with E-state index in [2.05, 4.69) is 5.32 Å². The van der Waals surface area contributed by atoms with Crippen LogP contribution in [0, 0.1) is 0 Å². The largest absolute Gasteiger partial charge is 0.496 e. The molecule has 1 N–H and O–H groups in total. The number of methoxy groups -OCH3 is 3. The Bertz CT molecular complexity index is 954. The summed E-state index contributed by atoms with van der Waals surface area (Å²) in [4.78, 5) is 13.1. The molecule has 0 saturated heterocycles. The van der Waals surface area contributed by atoms with Gasteiger partial charge >= 0.3 is 0 Å². The Labute approximate surface area is 160 Å². The number of hydrogen-bond acceptors (Lipinski definition) is 5. The first-order chi connectivity index (χ1) is 12.6. The van der Waals surface area contributed by atoms with E-state index in [1.54, 1.807) is 33.5 Å². The maximum absolute atomic E-state index is 12.6. The molecule has 0 aliphatic carbocycles. The molecule has 1 amide bonds. The lowest BCUT2D eigenvalue weighted by molar-refractivity contribution is 0.0955. The first-order valence-corrected chi connectivity index (χ1v) is 9.02. The van der Waals surface area contributed by atoms with E-state index in [-0.39, 0.29) is 12.5 Å². The van der Waals surface area contributed by atoms with Crippen LogP contribution < -0.4 is 19.5 Å². The van der Waals surface area contributed by atoms with E-state index >= 15 is 0 Å². The molecule has 0 radical (unpaired) electrons. The van der Waals surface area contributed by atoms with Crippen LogP contribution in [-0.2, 0) is 6.54 Å². The molecular weight excluding hydrogens is 374 g/mol. The third kappa shape index (κ3) is 3.43. The first-order valence-electron chi connectivity index (χ1n) is 7.83. The summed E-state index contributed by atoms with van der Waals surface area (Å²) < 4.78 is 16.9. The number of rotatable bonds is 6. The summed E-state index contributed by atoms with van der Waals surface area (Å²) in [5.74, 6) is 1.50. The van der Waals surface area contributed by atoms with Crippen LogP contribution in [0.2, 0.25) is 5.02 Å². The molecule has 0 atom stereocenters. The van der Waals surface area contributed by atoms with Crippen LogP contribution >= 0.6 is 22.9 Å². The number of carbonyl (C=O) groups excluding carboxylic acids is 1. The highest BCUT2D eigenvalue weighted by Crippen LogP contribution is 2.36. The third-order valence-corrected chi connectivity index (χ3v) is 5.64. The van der Waals surface area contributed by atoms with Crippen molar-refractivity contribution in [3.63, 3.8) is 0 Å². The molecule has 1 heterocycles.